The monoisotopic (exact) mass is 431 g/mol. The van der Waals surface area contributed by atoms with Crippen LogP contribution in [0.5, 0.6) is 0 Å². The van der Waals surface area contributed by atoms with E-state index in [0.29, 0.717) is 17.7 Å². The van der Waals surface area contributed by atoms with E-state index in [4.69, 9.17) is 34.8 Å². The minimum Gasteiger partial charge on any atom is -0.323 e. The molecule has 1 N–H and O–H groups in total. The van der Waals surface area contributed by atoms with Crippen LogP contribution in [0, 0.1) is 0 Å². The highest BCUT2D eigenvalue weighted by molar-refractivity contribution is 6.45. The zero-order chi connectivity index (χ0) is 19.7. The highest BCUT2D eigenvalue weighted by Gasteiger charge is 2.48. The molecule has 27 heavy (non-hydrogen) atoms. The van der Waals surface area contributed by atoms with E-state index in [2.05, 4.69) is 5.32 Å². The Morgan fingerprint density at radius 2 is 1.59 bits per heavy atom. The molecular formula is C17H16Cl3N3O4. The number of hydrogen-bond acceptors (Lipinski definition) is 4. The Hall–Kier alpha value is -1.83. The molecule has 144 valence electrons. The molecule has 0 atom stereocenters. The van der Waals surface area contributed by atoms with Crippen molar-refractivity contribution in [3.63, 3.8) is 0 Å². The third kappa shape index (κ3) is 4.05. The highest BCUT2D eigenvalue weighted by Crippen LogP contribution is 2.32. The molecule has 1 aliphatic heterocycles. The molecule has 1 aliphatic carbocycles. The van der Waals surface area contributed by atoms with Gasteiger partial charge >= 0.3 is 17.8 Å². The van der Waals surface area contributed by atoms with Gasteiger partial charge in [0, 0.05) is 6.04 Å². The van der Waals surface area contributed by atoms with Crippen LogP contribution in [-0.4, -0.2) is 46.1 Å². The lowest BCUT2D eigenvalue weighted by molar-refractivity contribution is -0.144. The van der Waals surface area contributed by atoms with Crippen LogP contribution in [0.4, 0.5) is 10.5 Å². The minimum absolute atomic E-state index is 0.150. The first kappa shape index (κ1) is 19.9. The number of hydrogen-bond donors (Lipinski definition) is 1. The molecule has 0 bridgehead atoms. The van der Waals surface area contributed by atoms with Crippen LogP contribution in [0.25, 0.3) is 0 Å². The predicted octanol–water partition coefficient (Wildman–Crippen LogP) is 3.71. The lowest BCUT2D eigenvalue weighted by atomic mass is 9.94. The van der Waals surface area contributed by atoms with Gasteiger partial charge in [0.05, 0.1) is 20.8 Å². The van der Waals surface area contributed by atoms with Crippen LogP contribution in [0.3, 0.4) is 0 Å². The lowest BCUT2D eigenvalue weighted by Gasteiger charge is -2.28. The van der Waals surface area contributed by atoms with E-state index < -0.39 is 30.3 Å². The van der Waals surface area contributed by atoms with E-state index in [-0.39, 0.29) is 26.8 Å². The summed E-state index contributed by atoms with van der Waals surface area (Å²) in [6.45, 7) is -0.594. The van der Waals surface area contributed by atoms with Gasteiger partial charge in [-0.15, -0.1) is 0 Å². The van der Waals surface area contributed by atoms with E-state index >= 15 is 0 Å². The SMILES string of the molecule is O=C(CN1C(=O)C(=O)N(C2CCCCC2)C1=O)Nc1cc(Cl)c(Cl)cc1Cl. The highest BCUT2D eigenvalue weighted by atomic mass is 35.5. The molecule has 1 aromatic carbocycles. The van der Waals surface area contributed by atoms with E-state index in [0.717, 1.165) is 24.2 Å². The maximum absolute atomic E-state index is 12.5. The number of nitrogens with one attached hydrogen (secondary N) is 1. The number of halogens is 3. The summed E-state index contributed by atoms with van der Waals surface area (Å²) < 4.78 is 0. The van der Waals surface area contributed by atoms with Gasteiger partial charge in [-0.2, -0.15) is 0 Å². The Morgan fingerprint density at radius 3 is 2.26 bits per heavy atom. The van der Waals surface area contributed by atoms with Gasteiger partial charge in [0.15, 0.2) is 0 Å². The quantitative estimate of drug-likeness (QED) is 0.446. The van der Waals surface area contributed by atoms with Gasteiger partial charge in [-0.25, -0.2) is 9.69 Å². The number of urea groups is 1. The second-order valence-electron chi connectivity index (χ2n) is 6.44. The van der Waals surface area contributed by atoms with Crippen molar-refractivity contribution < 1.29 is 19.2 Å². The third-order valence-corrected chi connectivity index (χ3v) is 5.64. The van der Waals surface area contributed by atoms with E-state index in [9.17, 15) is 19.2 Å². The summed E-state index contributed by atoms with van der Waals surface area (Å²) in [7, 11) is 0. The van der Waals surface area contributed by atoms with Crippen molar-refractivity contribution in [2.24, 2.45) is 0 Å². The molecule has 5 amide bonds. The largest absolute Gasteiger partial charge is 0.334 e. The molecule has 1 saturated carbocycles. The maximum Gasteiger partial charge on any atom is 0.334 e. The number of amides is 5. The van der Waals surface area contributed by atoms with E-state index in [1.165, 1.54) is 12.1 Å². The molecule has 0 aromatic heterocycles. The molecule has 3 rings (SSSR count). The van der Waals surface area contributed by atoms with Crippen molar-refractivity contribution >= 4 is 64.2 Å². The Morgan fingerprint density at radius 1 is 0.963 bits per heavy atom. The van der Waals surface area contributed by atoms with Crippen molar-refractivity contribution in [2.75, 3.05) is 11.9 Å². The molecule has 1 saturated heterocycles. The van der Waals surface area contributed by atoms with E-state index in [1.54, 1.807) is 0 Å². The molecule has 10 heteroatoms. The average Bonchev–Trinajstić information content (AvgIpc) is 2.84. The number of anilines is 1. The zero-order valence-electron chi connectivity index (χ0n) is 14.1. The molecular weight excluding hydrogens is 417 g/mol. The van der Waals surface area contributed by atoms with Gasteiger partial charge in [0.25, 0.3) is 0 Å². The second kappa shape index (κ2) is 8.04. The normalized spacial score (nSPS) is 18.4. The Kier molecular flexibility index (Phi) is 5.93. The van der Waals surface area contributed by atoms with Crippen molar-refractivity contribution in [3.8, 4) is 0 Å². The first-order valence-electron chi connectivity index (χ1n) is 8.43. The summed E-state index contributed by atoms with van der Waals surface area (Å²) in [4.78, 5) is 50.9. The molecule has 2 fully saturated rings. The smallest absolute Gasteiger partial charge is 0.323 e. The number of imide groups is 2. The number of rotatable bonds is 4. The van der Waals surface area contributed by atoms with Crippen molar-refractivity contribution in [1.29, 1.82) is 0 Å². The molecule has 0 spiro atoms. The van der Waals surface area contributed by atoms with Crippen LogP contribution in [-0.2, 0) is 14.4 Å². The minimum atomic E-state index is -0.999. The summed E-state index contributed by atoms with van der Waals surface area (Å²) in [5, 5.41) is 3.02. The Balaban J connectivity index is 1.70. The zero-order valence-corrected chi connectivity index (χ0v) is 16.4. The molecule has 1 heterocycles. The summed E-state index contributed by atoms with van der Waals surface area (Å²) in [6.07, 6.45) is 4.17. The number of carbonyl (C=O) groups is 4. The molecule has 2 aliphatic rings. The first-order valence-corrected chi connectivity index (χ1v) is 9.56. The van der Waals surface area contributed by atoms with Crippen LogP contribution in [0.15, 0.2) is 12.1 Å². The fourth-order valence-corrected chi connectivity index (χ4v) is 3.87. The topological polar surface area (TPSA) is 86.8 Å². The van der Waals surface area contributed by atoms with Crippen molar-refractivity contribution in [3.05, 3.63) is 27.2 Å². The van der Waals surface area contributed by atoms with Crippen LogP contribution in [0.2, 0.25) is 15.1 Å². The van der Waals surface area contributed by atoms with Crippen LogP contribution in [0.1, 0.15) is 32.1 Å². The second-order valence-corrected chi connectivity index (χ2v) is 7.66. The standard InChI is InChI=1S/C17H16Cl3N3O4/c18-10-6-12(20)13(7-11(10)19)21-14(24)8-22-15(25)16(26)23(17(22)27)9-4-2-1-3-5-9/h6-7,9H,1-5,8H2,(H,21,24). The van der Waals surface area contributed by atoms with Gasteiger partial charge in [-0.3, -0.25) is 19.3 Å². The van der Waals surface area contributed by atoms with Gasteiger partial charge < -0.3 is 5.32 Å². The van der Waals surface area contributed by atoms with Gasteiger partial charge in [-0.1, -0.05) is 54.1 Å². The van der Waals surface area contributed by atoms with Crippen LogP contribution < -0.4 is 5.32 Å². The van der Waals surface area contributed by atoms with Crippen molar-refractivity contribution in [2.45, 2.75) is 38.1 Å². The number of carbonyl (C=O) groups excluding carboxylic acids is 4. The summed E-state index contributed by atoms with van der Waals surface area (Å²) >= 11 is 17.7. The van der Waals surface area contributed by atoms with Crippen molar-refractivity contribution in [1.82, 2.24) is 9.80 Å². The third-order valence-electron chi connectivity index (χ3n) is 4.61. The maximum atomic E-state index is 12.5. The summed E-state index contributed by atoms with van der Waals surface area (Å²) in [5.74, 6) is -2.57. The average molecular weight is 433 g/mol. The predicted molar refractivity (Wildman–Crippen MR) is 101 cm³/mol. The fraction of sp³-hybridized carbons (Fsp3) is 0.412. The van der Waals surface area contributed by atoms with Crippen LogP contribution >= 0.6 is 34.8 Å². The summed E-state index contributed by atoms with van der Waals surface area (Å²) in [5.41, 5.74) is 0.186. The Labute approximate surface area is 170 Å². The van der Waals surface area contributed by atoms with Gasteiger partial charge in [-0.05, 0) is 25.0 Å². The molecule has 0 radical (unpaired) electrons. The molecule has 7 nitrogen and oxygen atoms in total. The molecule has 0 unspecified atom stereocenters. The van der Waals surface area contributed by atoms with Gasteiger partial charge in [0.2, 0.25) is 5.91 Å². The first-order chi connectivity index (χ1) is 12.8. The lowest BCUT2D eigenvalue weighted by Crippen LogP contribution is -2.43. The summed E-state index contributed by atoms with van der Waals surface area (Å²) in [6, 6.07) is 1.67. The fourth-order valence-electron chi connectivity index (χ4n) is 3.27. The van der Waals surface area contributed by atoms with Gasteiger partial charge in [0.1, 0.15) is 6.54 Å². The molecule has 1 aromatic rings. The van der Waals surface area contributed by atoms with E-state index in [1.807, 2.05) is 0 Å². The Bertz CT molecular complexity index is 824. The number of nitrogens with zero attached hydrogens (tertiary/aromatic N) is 2. The number of benzene rings is 1.